The third-order valence-corrected chi connectivity index (χ3v) is 5.58. The van der Waals surface area contributed by atoms with Gasteiger partial charge < -0.3 is 26.4 Å². The van der Waals surface area contributed by atoms with Crippen LogP contribution in [-0.2, 0) is 6.18 Å². The van der Waals surface area contributed by atoms with Crippen LogP contribution in [0.15, 0.2) is 66.9 Å². The second-order valence-corrected chi connectivity index (χ2v) is 7.94. The SMILES string of the molecule is Cc1ccc(NC(=O)Nc2cccc(C(F)(F)F)c2)cc1N1C=Cc2c(C(=O)O)cccc2C1N. The number of alkyl halides is 3. The molecule has 4 rings (SSSR count). The average molecular weight is 482 g/mol. The maximum atomic E-state index is 12.9. The van der Waals surface area contributed by atoms with Crippen molar-refractivity contribution < 1.29 is 27.9 Å². The van der Waals surface area contributed by atoms with Gasteiger partial charge >= 0.3 is 18.2 Å². The normalized spacial score (nSPS) is 14.9. The van der Waals surface area contributed by atoms with Crippen LogP contribution in [0.3, 0.4) is 0 Å². The fourth-order valence-electron chi connectivity index (χ4n) is 3.87. The Hall–Kier alpha value is -4.31. The zero-order chi connectivity index (χ0) is 25.3. The van der Waals surface area contributed by atoms with Gasteiger partial charge in [0.25, 0.3) is 0 Å². The van der Waals surface area contributed by atoms with Gasteiger partial charge in [-0.3, -0.25) is 0 Å². The first-order valence-electron chi connectivity index (χ1n) is 10.5. The van der Waals surface area contributed by atoms with E-state index < -0.39 is 29.9 Å². The summed E-state index contributed by atoms with van der Waals surface area (Å²) in [5.41, 5.74) is 8.77. The van der Waals surface area contributed by atoms with E-state index in [-0.39, 0.29) is 11.3 Å². The molecular weight excluding hydrogens is 461 g/mol. The smallest absolute Gasteiger partial charge is 0.416 e. The Kier molecular flexibility index (Phi) is 6.23. The maximum Gasteiger partial charge on any atom is 0.416 e. The number of anilines is 3. The Bertz CT molecular complexity index is 1340. The number of halogens is 3. The quantitative estimate of drug-likeness (QED) is 0.376. The molecule has 3 aromatic carbocycles. The molecule has 35 heavy (non-hydrogen) atoms. The van der Waals surface area contributed by atoms with E-state index in [0.29, 0.717) is 22.5 Å². The van der Waals surface area contributed by atoms with E-state index in [1.807, 2.05) is 6.92 Å². The van der Waals surface area contributed by atoms with Crippen LogP contribution in [0, 0.1) is 6.92 Å². The van der Waals surface area contributed by atoms with E-state index in [4.69, 9.17) is 5.73 Å². The van der Waals surface area contributed by atoms with Gasteiger partial charge in [0.2, 0.25) is 0 Å². The molecule has 0 spiro atoms. The molecule has 1 heterocycles. The molecule has 5 N–H and O–H groups in total. The number of carbonyl (C=O) groups excluding carboxylic acids is 1. The number of fused-ring (bicyclic) bond motifs is 1. The average Bonchev–Trinajstić information content (AvgIpc) is 2.80. The predicted molar refractivity (Wildman–Crippen MR) is 127 cm³/mol. The number of urea groups is 1. The van der Waals surface area contributed by atoms with E-state index in [9.17, 15) is 27.9 Å². The van der Waals surface area contributed by atoms with E-state index >= 15 is 0 Å². The molecule has 180 valence electrons. The zero-order valence-corrected chi connectivity index (χ0v) is 18.4. The number of carboxylic acid groups (broad SMARTS) is 1. The van der Waals surface area contributed by atoms with Gasteiger partial charge in [-0.05, 0) is 66.1 Å². The molecular formula is C25H21F3N4O3. The van der Waals surface area contributed by atoms with Crippen LogP contribution in [0.2, 0.25) is 0 Å². The number of carbonyl (C=O) groups is 2. The first-order valence-corrected chi connectivity index (χ1v) is 10.5. The molecule has 1 atom stereocenters. The van der Waals surface area contributed by atoms with Crippen molar-refractivity contribution >= 4 is 35.1 Å². The summed E-state index contributed by atoms with van der Waals surface area (Å²) in [6.45, 7) is 1.85. The van der Waals surface area contributed by atoms with Crippen molar-refractivity contribution in [1.29, 1.82) is 0 Å². The summed E-state index contributed by atoms with van der Waals surface area (Å²) in [6, 6.07) is 13.6. The number of benzene rings is 3. The zero-order valence-electron chi connectivity index (χ0n) is 18.4. The summed E-state index contributed by atoms with van der Waals surface area (Å²) in [6.07, 6.45) is -1.86. The number of carboxylic acids is 1. The third-order valence-electron chi connectivity index (χ3n) is 5.58. The molecule has 0 saturated carbocycles. The summed E-state index contributed by atoms with van der Waals surface area (Å²) < 4.78 is 38.8. The van der Waals surface area contributed by atoms with Gasteiger partial charge in [-0.15, -0.1) is 0 Å². The minimum absolute atomic E-state index is 0.00325. The summed E-state index contributed by atoms with van der Waals surface area (Å²) in [7, 11) is 0. The van der Waals surface area contributed by atoms with E-state index in [0.717, 1.165) is 17.7 Å². The van der Waals surface area contributed by atoms with E-state index in [1.165, 1.54) is 18.2 Å². The number of nitrogens with zero attached hydrogens (tertiary/aromatic N) is 1. The Morgan fingerprint density at radius 2 is 1.69 bits per heavy atom. The lowest BCUT2D eigenvalue weighted by atomic mass is 9.95. The molecule has 0 bridgehead atoms. The van der Waals surface area contributed by atoms with Gasteiger partial charge in [0.15, 0.2) is 0 Å². The van der Waals surface area contributed by atoms with E-state index in [2.05, 4.69) is 10.6 Å². The van der Waals surface area contributed by atoms with Crippen LogP contribution in [0.25, 0.3) is 6.08 Å². The topological polar surface area (TPSA) is 108 Å². The molecule has 7 nitrogen and oxygen atoms in total. The fraction of sp³-hybridized carbons (Fsp3) is 0.120. The highest BCUT2D eigenvalue weighted by Crippen LogP contribution is 2.36. The monoisotopic (exact) mass is 482 g/mol. The van der Waals surface area contributed by atoms with Crippen LogP contribution in [-0.4, -0.2) is 17.1 Å². The number of hydrogen-bond donors (Lipinski definition) is 4. The number of aryl methyl sites for hydroxylation is 1. The molecule has 1 aliphatic heterocycles. The van der Waals surface area contributed by atoms with Crippen LogP contribution in [0.4, 0.5) is 35.0 Å². The van der Waals surface area contributed by atoms with Crippen molar-refractivity contribution in [3.63, 3.8) is 0 Å². The van der Waals surface area contributed by atoms with Crippen molar-refractivity contribution in [3.8, 4) is 0 Å². The summed E-state index contributed by atoms with van der Waals surface area (Å²) >= 11 is 0. The van der Waals surface area contributed by atoms with Crippen LogP contribution >= 0.6 is 0 Å². The second kappa shape index (κ2) is 9.15. The van der Waals surface area contributed by atoms with Crippen molar-refractivity contribution in [2.24, 2.45) is 5.73 Å². The summed E-state index contributed by atoms with van der Waals surface area (Å²) in [5.74, 6) is -1.05. The van der Waals surface area contributed by atoms with Crippen LogP contribution in [0.1, 0.15) is 38.8 Å². The van der Waals surface area contributed by atoms with Crippen molar-refractivity contribution in [3.05, 3.63) is 94.7 Å². The lowest BCUT2D eigenvalue weighted by Gasteiger charge is -2.34. The second-order valence-electron chi connectivity index (χ2n) is 7.94. The lowest BCUT2D eigenvalue weighted by Crippen LogP contribution is -2.33. The summed E-state index contributed by atoms with van der Waals surface area (Å²) in [5, 5.41) is 14.5. The molecule has 0 aromatic heterocycles. The molecule has 3 aromatic rings. The molecule has 0 radical (unpaired) electrons. The molecule has 2 amide bonds. The molecule has 0 fully saturated rings. The lowest BCUT2D eigenvalue weighted by molar-refractivity contribution is -0.137. The Morgan fingerprint density at radius 1 is 1.00 bits per heavy atom. The number of nitrogens with one attached hydrogen (secondary N) is 2. The highest BCUT2D eigenvalue weighted by Gasteiger charge is 2.30. The van der Waals surface area contributed by atoms with Gasteiger partial charge in [0.05, 0.1) is 11.1 Å². The minimum atomic E-state index is -4.52. The van der Waals surface area contributed by atoms with Crippen molar-refractivity contribution in [1.82, 2.24) is 0 Å². The van der Waals surface area contributed by atoms with Crippen molar-refractivity contribution in [2.75, 3.05) is 15.5 Å². The largest absolute Gasteiger partial charge is 0.478 e. The summed E-state index contributed by atoms with van der Waals surface area (Å²) in [4.78, 5) is 25.7. The van der Waals surface area contributed by atoms with Gasteiger partial charge in [-0.2, -0.15) is 13.2 Å². The standard InChI is InChI=1S/C25H21F3N4O3/c1-14-8-9-17(31-24(35)30-16-5-2-4-15(12-16)25(26,27)28)13-21(14)32-11-10-18-19(22(32)29)6-3-7-20(18)23(33)34/h2-13,22H,29H2,1H3,(H,33,34)(H2,30,31,35). The first-order chi connectivity index (χ1) is 16.5. The molecule has 0 aliphatic carbocycles. The highest BCUT2D eigenvalue weighted by molar-refractivity contribution is 6.00. The third kappa shape index (κ3) is 4.97. The number of nitrogens with two attached hydrogens (primary N) is 1. The van der Waals surface area contributed by atoms with Gasteiger partial charge in [0, 0.05) is 23.3 Å². The predicted octanol–water partition coefficient (Wildman–Crippen LogP) is 5.80. The number of aromatic carboxylic acids is 1. The van der Waals surface area contributed by atoms with Gasteiger partial charge in [0.1, 0.15) is 6.17 Å². The van der Waals surface area contributed by atoms with Crippen molar-refractivity contribution in [2.45, 2.75) is 19.3 Å². The van der Waals surface area contributed by atoms with E-state index in [1.54, 1.807) is 47.5 Å². The molecule has 1 unspecified atom stereocenters. The first kappa shape index (κ1) is 23.8. The van der Waals surface area contributed by atoms with Crippen LogP contribution < -0.4 is 21.3 Å². The number of amides is 2. The number of hydrogen-bond acceptors (Lipinski definition) is 4. The Balaban J connectivity index is 1.55. The van der Waals surface area contributed by atoms with Gasteiger partial charge in [-0.25, -0.2) is 9.59 Å². The van der Waals surface area contributed by atoms with Crippen LogP contribution in [0.5, 0.6) is 0 Å². The molecule has 0 saturated heterocycles. The fourth-order valence-corrected chi connectivity index (χ4v) is 3.87. The van der Waals surface area contributed by atoms with Gasteiger partial charge in [-0.1, -0.05) is 24.3 Å². The Morgan fingerprint density at radius 3 is 2.37 bits per heavy atom. The Labute approximate surface area is 198 Å². The molecule has 10 heteroatoms. The molecule has 1 aliphatic rings. The minimum Gasteiger partial charge on any atom is -0.478 e. The maximum absolute atomic E-state index is 12.9. The highest BCUT2D eigenvalue weighted by atomic mass is 19.4. The number of rotatable bonds is 4.